The summed E-state index contributed by atoms with van der Waals surface area (Å²) < 4.78 is -0.959. The third-order valence-electron chi connectivity index (χ3n) is 7.85. The van der Waals surface area contributed by atoms with E-state index in [-0.39, 0.29) is 35.1 Å². The molecule has 0 aromatic rings. The molecule has 3 rings (SSSR count). The van der Waals surface area contributed by atoms with E-state index in [1.807, 2.05) is 13.8 Å². The number of unbranched alkanes of at least 4 members (excludes halogenated alkanes) is 2. The van der Waals surface area contributed by atoms with Gasteiger partial charge in [-0.3, -0.25) is 14.4 Å². The van der Waals surface area contributed by atoms with Gasteiger partial charge >= 0.3 is 0 Å². The molecule has 0 aromatic heterocycles. The molecule has 3 saturated heterocycles. The molecule has 1 N–H and O–H groups in total. The highest BCUT2D eigenvalue weighted by Crippen LogP contribution is 2.71. The second-order valence-corrected chi connectivity index (χ2v) is 12.3. The Balaban J connectivity index is 2.03. The monoisotopic (exact) mass is 491 g/mol. The van der Waals surface area contributed by atoms with E-state index < -0.39 is 22.6 Å². The minimum atomic E-state index is -0.594. The van der Waals surface area contributed by atoms with Crippen LogP contribution < -0.4 is 0 Å². The molecule has 0 aliphatic carbocycles. The largest absolute Gasteiger partial charge is 0.396 e. The Labute approximate surface area is 208 Å². The van der Waals surface area contributed by atoms with E-state index in [1.54, 1.807) is 45.7 Å². The molecule has 2 unspecified atom stereocenters. The summed E-state index contributed by atoms with van der Waals surface area (Å²) in [6.07, 6.45) is 7.17. The molecule has 0 aromatic carbocycles. The van der Waals surface area contributed by atoms with Crippen LogP contribution in [0.2, 0.25) is 0 Å². The molecule has 3 aliphatic heterocycles. The molecule has 34 heavy (non-hydrogen) atoms. The molecule has 8 heteroatoms. The van der Waals surface area contributed by atoms with Crippen LogP contribution in [0.5, 0.6) is 0 Å². The first-order valence-corrected chi connectivity index (χ1v) is 13.3. The average molecular weight is 492 g/mol. The minimum Gasteiger partial charge on any atom is -0.396 e. The summed E-state index contributed by atoms with van der Waals surface area (Å²) in [5.74, 6) is -1.09. The molecule has 1 spiro atoms. The fourth-order valence-corrected chi connectivity index (χ4v) is 8.61. The maximum atomic E-state index is 14.1. The van der Waals surface area contributed by atoms with Crippen LogP contribution in [0.15, 0.2) is 25.3 Å². The predicted molar refractivity (Wildman–Crippen MR) is 136 cm³/mol. The topological polar surface area (TPSA) is 81.2 Å². The Morgan fingerprint density at radius 3 is 2.44 bits per heavy atom. The van der Waals surface area contributed by atoms with Crippen LogP contribution in [0, 0.1) is 11.8 Å². The van der Waals surface area contributed by atoms with Crippen molar-refractivity contribution in [3.05, 3.63) is 25.3 Å². The van der Waals surface area contributed by atoms with Gasteiger partial charge in [-0.25, -0.2) is 0 Å². The number of amides is 3. The molecule has 190 valence electrons. The summed E-state index contributed by atoms with van der Waals surface area (Å²) in [5, 5.41) is 9.18. The fourth-order valence-electron chi connectivity index (χ4n) is 6.26. The third kappa shape index (κ3) is 4.32. The highest BCUT2D eigenvalue weighted by Gasteiger charge is 2.77. The Kier molecular flexibility index (Phi) is 8.23. The maximum Gasteiger partial charge on any atom is 0.247 e. The van der Waals surface area contributed by atoms with Crippen molar-refractivity contribution in [2.45, 2.75) is 74.5 Å². The molecule has 7 nitrogen and oxygen atoms in total. The van der Waals surface area contributed by atoms with E-state index in [0.29, 0.717) is 26.1 Å². The zero-order valence-electron chi connectivity index (χ0n) is 21.2. The average Bonchev–Trinajstić information content (AvgIpc) is 3.35. The van der Waals surface area contributed by atoms with Gasteiger partial charge in [-0.1, -0.05) is 12.2 Å². The van der Waals surface area contributed by atoms with Crippen LogP contribution in [0.1, 0.15) is 52.9 Å². The Bertz CT molecular complexity index is 833. The van der Waals surface area contributed by atoms with Gasteiger partial charge in [-0.15, -0.1) is 24.9 Å². The lowest BCUT2D eigenvalue weighted by atomic mass is 9.66. The molecule has 5 atom stereocenters. The highest BCUT2D eigenvalue weighted by molar-refractivity contribution is 8.02. The van der Waals surface area contributed by atoms with E-state index in [4.69, 9.17) is 0 Å². The van der Waals surface area contributed by atoms with Gasteiger partial charge in [0.05, 0.1) is 16.6 Å². The van der Waals surface area contributed by atoms with Crippen molar-refractivity contribution < 1.29 is 19.5 Å². The summed E-state index contributed by atoms with van der Waals surface area (Å²) in [6, 6.07) is -0.613. The van der Waals surface area contributed by atoms with Gasteiger partial charge in [-0.2, -0.15) is 0 Å². The molecule has 3 fully saturated rings. The van der Waals surface area contributed by atoms with Crippen molar-refractivity contribution in [1.82, 2.24) is 14.7 Å². The second-order valence-electron chi connectivity index (χ2n) is 10.4. The van der Waals surface area contributed by atoms with Crippen molar-refractivity contribution in [3.63, 3.8) is 0 Å². The number of carbonyl (C=O) groups excluding carboxylic acids is 3. The lowest BCUT2D eigenvalue weighted by Gasteiger charge is -2.38. The number of hydrogen-bond acceptors (Lipinski definition) is 5. The van der Waals surface area contributed by atoms with Crippen LogP contribution in [0.25, 0.3) is 0 Å². The van der Waals surface area contributed by atoms with Gasteiger partial charge in [0.1, 0.15) is 6.04 Å². The van der Waals surface area contributed by atoms with E-state index in [0.717, 1.165) is 25.7 Å². The highest BCUT2D eigenvalue weighted by atomic mass is 32.2. The normalized spacial score (nSPS) is 31.6. The quantitative estimate of drug-likeness (QED) is 0.335. The van der Waals surface area contributed by atoms with Crippen LogP contribution in [-0.4, -0.2) is 92.4 Å². The maximum absolute atomic E-state index is 14.1. The van der Waals surface area contributed by atoms with E-state index in [1.165, 1.54) is 0 Å². The van der Waals surface area contributed by atoms with Gasteiger partial charge in [-0.05, 0) is 52.9 Å². The van der Waals surface area contributed by atoms with E-state index >= 15 is 0 Å². The van der Waals surface area contributed by atoms with Crippen molar-refractivity contribution >= 4 is 29.5 Å². The number of likely N-dealkylation sites (tertiary alicyclic amines) is 1. The molecule has 3 amide bonds. The number of aliphatic hydroxyl groups is 1. The van der Waals surface area contributed by atoms with Gasteiger partial charge in [0.25, 0.3) is 0 Å². The van der Waals surface area contributed by atoms with Crippen molar-refractivity contribution in [1.29, 1.82) is 0 Å². The molecule has 3 heterocycles. The molecular weight excluding hydrogens is 450 g/mol. The molecule has 3 aliphatic rings. The first-order chi connectivity index (χ1) is 16.1. The summed E-state index contributed by atoms with van der Waals surface area (Å²) >= 11 is 1.71. The first-order valence-electron chi connectivity index (χ1n) is 12.5. The minimum absolute atomic E-state index is 0.0253. The summed E-state index contributed by atoms with van der Waals surface area (Å²) in [6.45, 7) is 15.1. The Morgan fingerprint density at radius 2 is 1.85 bits per heavy atom. The molecule has 2 bridgehead atoms. The van der Waals surface area contributed by atoms with Gasteiger partial charge in [0.2, 0.25) is 17.7 Å². The van der Waals surface area contributed by atoms with Crippen LogP contribution in [0.3, 0.4) is 0 Å². The van der Waals surface area contributed by atoms with Gasteiger partial charge in [0.15, 0.2) is 0 Å². The SMILES string of the molecule is C=CCN(C)C(=O)[C@@H]1[C@H]2C(=O)N(CCCCCO)C(C(=O)N(CC=C)C(C)C)C23CC[C@@]1(C)S3. The van der Waals surface area contributed by atoms with Crippen molar-refractivity contribution in [2.24, 2.45) is 11.8 Å². The molecule has 0 saturated carbocycles. The van der Waals surface area contributed by atoms with Crippen LogP contribution >= 0.6 is 11.8 Å². The van der Waals surface area contributed by atoms with E-state index in [2.05, 4.69) is 20.1 Å². The lowest BCUT2D eigenvalue weighted by molar-refractivity contribution is -0.145. The number of nitrogens with zero attached hydrogens (tertiary/aromatic N) is 3. The Hall–Kier alpha value is -1.80. The van der Waals surface area contributed by atoms with Crippen molar-refractivity contribution in [3.8, 4) is 0 Å². The molecule has 0 radical (unpaired) electrons. The smallest absolute Gasteiger partial charge is 0.247 e. The van der Waals surface area contributed by atoms with Crippen molar-refractivity contribution in [2.75, 3.05) is 33.3 Å². The standard InChI is InChI=1S/C26H41N3O4S/c1-7-14-27(6)22(31)19-20-23(32)29(16-10-9-11-17-30)21(24(33)28(15-8-2)18(3)4)26(20)13-12-25(19,5)34-26/h7-8,18-21,30H,1-2,9-17H2,3-6H3/t19-,20-,21?,25+,26?/m0/s1. The van der Waals surface area contributed by atoms with Crippen LogP contribution in [0.4, 0.5) is 0 Å². The second kappa shape index (κ2) is 10.4. The predicted octanol–water partition coefficient (Wildman–Crippen LogP) is 2.70. The van der Waals surface area contributed by atoms with Gasteiger partial charge < -0.3 is 19.8 Å². The lowest BCUT2D eigenvalue weighted by Crippen LogP contribution is -2.56. The Morgan fingerprint density at radius 1 is 1.18 bits per heavy atom. The van der Waals surface area contributed by atoms with Crippen LogP contribution in [-0.2, 0) is 14.4 Å². The third-order valence-corrected chi connectivity index (χ3v) is 9.83. The number of fused-ring (bicyclic) bond motifs is 1. The number of hydrogen-bond donors (Lipinski definition) is 1. The number of carbonyl (C=O) groups is 3. The van der Waals surface area contributed by atoms with Gasteiger partial charge in [0, 0.05) is 44.1 Å². The first kappa shape index (κ1) is 26.8. The summed E-state index contributed by atoms with van der Waals surface area (Å²) in [4.78, 5) is 46.9. The number of aliphatic hydroxyl groups excluding tert-OH is 1. The number of thioether (sulfide) groups is 1. The number of rotatable bonds is 12. The zero-order chi connectivity index (χ0) is 25.3. The summed E-state index contributed by atoms with van der Waals surface area (Å²) in [7, 11) is 1.76. The van der Waals surface area contributed by atoms with E-state index in [9.17, 15) is 19.5 Å². The zero-order valence-corrected chi connectivity index (χ0v) is 22.0. The molecular formula is C26H41N3O4S. The number of likely N-dealkylation sites (N-methyl/N-ethyl adjacent to an activating group) is 1. The fraction of sp³-hybridized carbons (Fsp3) is 0.731. The summed E-state index contributed by atoms with van der Waals surface area (Å²) in [5.41, 5.74) is 0.